The van der Waals surface area contributed by atoms with E-state index >= 15 is 0 Å². The van der Waals surface area contributed by atoms with Gasteiger partial charge in [-0.1, -0.05) is 0 Å². The number of hydrogen-bond donors (Lipinski definition) is 0. The quantitative estimate of drug-likeness (QED) is 0.770. The van der Waals surface area contributed by atoms with E-state index in [-0.39, 0.29) is 5.92 Å². The summed E-state index contributed by atoms with van der Waals surface area (Å²) in [6.07, 6.45) is 1.72. The summed E-state index contributed by atoms with van der Waals surface area (Å²) in [5, 5.41) is 0. The van der Waals surface area contributed by atoms with Gasteiger partial charge in [-0.2, -0.15) is 17.0 Å². The van der Waals surface area contributed by atoms with Crippen molar-refractivity contribution >= 4 is 10.2 Å². The van der Waals surface area contributed by atoms with Gasteiger partial charge in [0.1, 0.15) is 5.82 Å². The van der Waals surface area contributed by atoms with E-state index in [4.69, 9.17) is 4.74 Å². The first-order valence-electron chi connectivity index (χ1n) is 6.70. The van der Waals surface area contributed by atoms with Crippen LogP contribution in [0, 0.1) is 6.92 Å². The van der Waals surface area contributed by atoms with Gasteiger partial charge in [-0.25, -0.2) is 9.97 Å². The number of hydrogen-bond acceptors (Lipinski definition) is 5. The van der Waals surface area contributed by atoms with Crippen molar-refractivity contribution in [2.45, 2.75) is 12.8 Å². The van der Waals surface area contributed by atoms with Crippen molar-refractivity contribution in [3.8, 4) is 0 Å². The highest BCUT2D eigenvalue weighted by Gasteiger charge is 2.41. The van der Waals surface area contributed by atoms with E-state index in [2.05, 4.69) is 9.97 Å². The zero-order valence-electron chi connectivity index (χ0n) is 11.4. The molecule has 2 saturated heterocycles. The minimum atomic E-state index is -3.35. The van der Waals surface area contributed by atoms with E-state index in [1.165, 1.54) is 8.61 Å². The van der Waals surface area contributed by atoms with Crippen LogP contribution in [0.15, 0.2) is 12.3 Å². The Bertz CT molecular complexity index is 580. The molecule has 0 bridgehead atoms. The first-order valence-corrected chi connectivity index (χ1v) is 8.09. The minimum absolute atomic E-state index is 0.103. The lowest BCUT2D eigenvalue weighted by atomic mass is 10.0. The van der Waals surface area contributed by atoms with Crippen molar-refractivity contribution in [1.82, 2.24) is 18.6 Å². The van der Waals surface area contributed by atoms with Gasteiger partial charge in [0.25, 0.3) is 10.2 Å². The van der Waals surface area contributed by atoms with E-state index in [9.17, 15) is 8.42 Å². The van der Waals surface area contributed by atoms with Gasteiger partial charge < -0.3 is 4.74 Å². The Morgan fingerprint density at radius 3 is 2.60 bits per heavy atom. The fourth-order valence-electron chi connectivity index (χ4n) is 2.40. The molecule has 3 rings (SSSR count). The Morgan fingerprint density at radius 1 is 1.25 bits per heavy atom. The van der Waals surface area contributed by atoms with Crippen LogP contribution in [0.1, 0.15) is 17.4 Å². The predicted molar refractivity (Wildman–Crippen MR) is 72.4 cm³/mol. The van der Waals surface area contributed by atoms with Crippen LogP contribution in [0.5, 0.6) is 0 Å². The molecular weight excluding hydrogens is 280 g/mol. The summed E-state index contributed by atoms with van der Waals surface area (Å²) in [6.45, 7) is 4.64. The van der Waals surface area contributed by atoms with Gasteiger partial charge in [0.15, 0.2) is 0 Å². The third-order valence-corrected chi connectivity index (χ3v) is 5.62. The largest absolute Gasteiger partial charge is 0.379 e. The molecular formula is C12H18N4O3S. The van der Waals surface area contributed by atoms with Crippen molar-refractivity contribution < 1.29 is 13.2 Å². The molecule has 0 radical (unpaired) electrons. The van der Waals surface area contributed by atoms with Crippen LogP contribution in [0.25, 0.3) is 0 Å². The molecule has 2 aliphatic rings. The first-order chi connectivity index (χ1) is 9.57. The van der Waals surface area contributed by atoms with Gasteiger partial charge in [-0.05, 0) is 13.0 Å². The lowest BCUT2D eigenvalue weighted by Crippen LogP contribution is -2.56. The molecule has 0 saturated carbocycles. The average molecular weight is 298 g/mol. The second-order valence-electron chi connectivity index (χ2n) is 5.09. The van der Waals surface area contributed by atoms with Crippen molar-refractivity contribution in [3.05, 3.63) is 23.8 Å². The fraction of sp³-hybridized carbons (Fsp3) is 0.667. The molecule has 7 nitrogen and oxygen atoms in total. The molecule has 2 fully saturated rings. The second kappa shape index (κ2) is 5.36. The van der Waals surface area contributed by atoms with Gasteiger partial charge in [0.05, 0.1) is 13.2 Å². The Morgan fingerprint density at radius 2 is 1.95 bits per heavy atom. The maximum atomic E-state index is 12.4. The summed E-state index contributed by atoms with van der Waals surface area (Å²) < 4.78 is 32.9. The minimum Gasteiger partial charge on any atom is -0.379 e. The maximum Gasteiger partial charge on any atom is 0.282 e. The SMILES string of the molecule is Cc1ccnc(C2CN(S(=O)(=O)N3CCOCC3)C2)n1. The highest BCUT2D eigenvalue weighted by molar-refractivity contribution is 7.86. The van der Waals surface area contributed by atoms with Gasteiger partial charge >= 0.3 is 0 Å². The van der Waals surface area contributed by atoms with Gasteiger partial charge in [0.2, 0.25) is 0 Å². The summed E-state index contributed by atoms with van der Waals surface area (Å²) in [5.41, 5.74) is 0.907. The van der Waals surface area contributed by atoms with Crippen molar-refractivity contribution in [2.24, 2.45) is 0 Å². The zero-order valence-corrected chi connectivity index (χ0v) is 12.2. The summed E-state index contributed by atoms with van der Waals surface area (Å²) in [7, 11) is -3.35. The van der Waals surface area contributed by atoms with Gasteiger partial charge in [-0.15, -0.1) is 0 Å². The van der Waals surface area contributed by atoms with Crippen LogP contribution < -0.4 is 0 Å². The zero-order chi connectivity index (χ0) is 14.2. The molecule has 20 heavy (non-hydrogen) atoms. The average Bonchev–Trinajstić information content (AvgIpc) is 2.38. The molecule has 8 heteroatoms. The van der Waals surface area contributed by atoms with Crippen LogP contribution in [0.3, 0.4) is 0 Å². The van der Waals surface area contributed by atoms with Crippen molar-refractivity contribution in [3.63, 3.8) is 0 Å². The van der Waals surface area contributed by atoms with E-state index in [0.29, 0.717) is 39.4 Å². The third-order valence-electron chi connectivity index (χ3n) is 3.65. The highest BCUT2D eigenvalue weighted by Crippen LogP contribution is 2.28. The molecule has 0 aromatic carbocycles. The molecule has 2 aliphatic heterocycles. The number of rotatable bonds is 3. The number of aromatic nitrogens is 2. The van der Waals surface area contributed by atoms with Crippen LogP contribution in [0.4, 0.5) is 0 Å². The van der Waals surface area contributed by atoms with E-state index in [1.807, 2.05) is 13.0 Å². The number of nitrogens with zero attached hydrogens (tertiary/aromatic N) is 4. The van der Waals surface area contributed by atoms with E-state index in [1.54, 1.807) is 6.20 Å². The maximum absolute atomic E-state index is 12.4. The van der Waals surface area contributed by atoms with Crippen LogP contribution in [0.2, 0.25) is 0 Å². The monoisotopic (exact) mass is 298 g/mol. The third kappa shape index (κ3) is 2.56. The molecule has 110 valence electrons. The molecule has 1 aromatic rings. The Kier molecular flexibility index (Phi) is 3.72. The normalized spacial score (nSPS) is 22.6. The summed E-state index contributed by atoms with van der Waals surface area (Å²) in [4.78, 5) is 8.58. The number of aryl methyl sites for hydroxylation is 1. The second-order valence-corrected chi connectivity index (χ2v) is 7.02. The van der Waals surface area contributed by atoms with Crippen LogP contribution >= 0.6 is 0 Å². The number of morpholine rings is 1. The van der Waals surface area contributed by atoms with E-state index < -0.39 is 10.2 Å². The van der Waals surface area contributed by atoms with E-state index in [0.717, 1.165) is 11.5 Å². The standard InChI is InChI=1S/C12H18N4O3S/c1-10-2-3-13-12(14-10)11-8-16(9-11)20(17,18)15-4-6-19-7-5-15/h2-3,11H,4-9H2,1H3. The fourth-order valence-corrected chi connectivity index (χ4v) is 4.07. The lowest BCUT2D eigenvalue weighted by molar-refractivity contribution is 0.0679. The molecule has 3 heterocycles. The molecule has 1 aromatic heterocycles. The highest BCUT2D eigenvalue weighted by atomic mass is 32.2. The summed E-state index contributed by atoms with van der Waals surface area (Å²) >= 11 is 0. The van der Waals surface area contributed by atoms with Gasteiger partial charge in [0, 0.05) is 44.0 Å². The lowest BCUT2D eigenvalue weighted by Gasteiger charge is -2.40. The Hall–Kier alpha value is -1.09. The molecule has 0 spiro atoms. The molecule has 0 unspecified atom stereocenters. The summed E-state index contributed by atoms with van der Waals surface area (Å²) in [5.74, 6) is 0.837. The van der Waals surface area contributed by atoms with Crippen LogP contribution in [-0.2, 0) is 14.9 Å². The molecule has 0 atom stereocenters. The first kappa shape index (κ1) is 13.9. The van der Waals surface area contributed by atoms with Gasteiger partial charge in [-0.3, -0.25) is 0 Å². The number of ether oxygens (including phenoxy) is 1. The topological polar surface area (TPSA) is 75.6 Å². The Labute approximate surface area is 118 Å². The Balaban J connectivity index is 1.64. The molecule has 0 N–H and O–H groups in total. The smallest absolute Gasteiger partial charge is 0.282 e. The van der Waals surface area contributed by atoms with Crippen molar-refractivity contribution in [2.75, 3.05) is 39.4 Å². The van der Waals surface area contributed by atoms with Crippen molar-refractivity contribution in [1.29, 1.82) is 0 Å². The predicted octanol–water partition coefficient (Wildman–Crippen LogP) is -0.239. The molecule has 0 aliphatic carbocycles. The van der Waals surface area contributed by atoms with Crippen LogP contribution in [-0.4, -0.2) is 66.4 Å². The molecule has 0 amide bonds. The summed E-state index contributed by atoms with van der Waals surface area (Å²) in [6, 6.07) is 1.84.